The molecule has 0 spiro atoms. The Labute approximate surface area is 218 Å². The molecule has 37 heavy (non-hydrogen) atoms. The Morgan fingerprint density at radius 3 is 2.65 bits per heavy atom. The van der Waals surface area contributed by atoms with Crippen molar-refractivity contribution >= 4 is 16.9 Å². The fraction of sp³-hybridized carbons (Fsp3) is 0.467. The van der Waals surface area contributed by atoms with Gasteiger partial charge in [-0.25, -0.2) is 4.39 Å². The molecule has 0 saturated carbocycles. The first kappa shape index (κ1) is 27.0. The van der Waals surface area contributed by atoms with E-state index in [0.717, 1.165) is 45.3 Å². The molecule has 6 nitrogen and oxygen atoms in total. The molecular formula is C30H38FN3O3. The monoisotopic (exact) mass is 507 g/mol. The number of piperidine rings is 1. The van der Waals surface area contributed by atoms with Gasteiger partial charge in [0.25, 0.3) is 0 Å². The first-order valence-electron chi connectivity index (χ1n) is 13.2. The van der Waals surface area contributed by atoms with Gasteiger partial charge in [-0.15, -0.1) is 0 Å². The van der Waals surface area contributed by atoms with E-state index in [4.69, 9.17) is 10.5 Å². The van der Waals surface area contributed by atoms with Crippen LogP contribution in [0.5, 0.6) is 5.75 Å². The van der Waals surface area contributed by atoms with Gasteiger partial charge in [-0.2, -0.15) is 0 Å². The van der Waals surface area contributed by atoms with Crippen LogP contribution < -0.4 is 10.5 Å². The normalized spacial score (nSPS) is 16.5. The Morgan fingerprint density at radius 1 is 1.22 bits per heavy atom. The molecule has 3 N–H and O–H groups in total. The molecule has 198 valence electrons. The predicted octanol–water partition coefficient (Wildman–Crippen LogP) is 5.68. The molecule has 1 aromatic heterocycles. The molecule has 0 amide bonds. The van der Waals surface area contributed by atoms with Gasteiger partial charge < -0.3 is 20.5 Å². The fourth-order valence-corrected chi connectivity index (χ4v) is 5.71. The number of halogens is 1. The average Bonchev–Trinajstić information content (AvgIpc) is 2.92. The number of hydrogen-bond donors (Lipinski definition) is 2. The second kappa shape index (κ2) is 12.5. The lowest BCUT2D eigenvalue weighted by Crippen LogP contribution is -2.41. The lowest BCUT2D eigenvalue weighted by molar-refractivity contribution is -0.141. The maximum atomic E-state index is 15.9. The number of aryl methyl sites for hydroxylation is 1. The van der Waals surface area contributed by atoms with Crippen molar-refractivity contribution in [2.24, 2.45) is 11.1 Å². The van der Waals surface area contributed by atoms with Crippen LogP contribution in [0.1, 0.15) is 61.4 Å². The summed E-state index contributed by atoms with van der Waals surface area (Å²) in [4.78, 5) is 18.7. The number of nitrogens with two attached hydrogens (primary N) is 1. The largest absolute Gasteiger partial charge is 0.497 e. The SMILES string of the molecule is COc1ccc2ncc(CN)c([C@H](F)CCC3(CC(=O)O)CCN(CCCc4ccccc4)CC3)c2c1. The third kappa shape index (κ3) is 6.84. The summed E-state index contributed by atoms with van der Waals surface area (Å²) in [6, 6.07) is 15.9. The lowest BCUT2D eigenvalue weighted by atomic mass is 9.71. The number of hydrogen-bond acceptors (Lipinski definition) is 5. The molecule has 0 unspecified atom stereocenters. The number of carboxylic acids is 1. The Kier molecular flexibility index (Phi) is 9.11. The minimum absolute atomic E-state index is 0.0756. The van der Waals surface area contributed by atoms with Gasteiger partial charge in [0.15, 0.2) is 0 Å². The molecular weight excluding hydrogens is 469 g/mol. The molecule has 1 saturated heterocycles. The van der Waals surface area contributed by atoms with Crippen LogP contribution in [-0.2, 0) is 17.8 Å². The number of carbonyl (C=O) groups is 1. The van der Waals surface area contributed by atoms with Crippen LogP contribution in [0.3, 0.4) is 0 Å². The second-order valence-electron chi connectivity index (χ2n) is 10.3. The molecule has 7 heteroatoms. The Morgan fingerprint density at radius 2 is 1.97 bits per heavy atom. The van der Waals surface area contributed by atoms with Crippen molar-refractivity contribution in [2.45, 2.75) is 57.7 Å². The smallest absolute Gasteiger partial charge is 0.303 e. The molecule has 1 aliphatic rings. The number of aliphatic carboxylic acids is 1. The first-order valence-corrected chi connectivity index (χ1v) is 13.2. The van der Waals surface area contributed by atoms with Crippen molar-refractivity contribution in [1.29, 1.82) is 0 Å². The summed E-state index contributed by atoms with van der Waals surface area (Å²) in [6.07, 6.45) is 4.90. The number of nitrogens with zero attached hydrogens (tertiary/aromatic N) is 2. The van der Waals surface area contributed by atoms with Crippen LogP contribution in [0.4, 0.5) is 4.39 Å². The number of alkyl halides is 1. The van der Waals surface area contributed by atoms with Gasteiger partial charge in [0.1, 0.15) is 11.9 Å². The van der Waals surface area contributed by atoms with Crippen LogP contribution in [0, 0.1) is 5.41 Å². The predicted molar refractivity (Wildman–Crippen MR) is 144 cm³/mol. The van der Waals surface area contributed by atoms with Gasteiger partial charge in [-0.1, -0.05) is 30.3 Å². The molecule has 2 heterocycles. The molecule has 1 aliphatic heterocycles. The molecule has 0 bridgehead atoms. The van der Waals surface area contributed by atoms with E-state index >= 15 is 4.39 Å². The van der Waals surface area contributed by atoms with Crippen molar-refractivity contribution < 1.29 is 19.0 Å². The average molecular weight is 508 g/mol. The third-order valence-electron chi connectivity index (χ3n) is 7.89. The van der Waals surface area contributed by atoms with E-state index in [1.807, 2.05) is 24.3 Å². The minimum atomic E-state index is -1.26. The number of fused-ring (bicyclic) bond motifs is 1. The summed E-state index contributed by atoms with van der Waals surface area (Å²) in [6.45, 7) is 2.88. The number of benzene rings is 2. The van der Waals surface area contributed by atoms with Crippen LogP contribution >= 0.6 is 0 Å². The van der Waals surface area contributed by atoms with Crippen molar-refractivity contribution in [3.8, 4) is 5.75 Å². The zero-order valence-corrected chi connectivity index (χ0v) is 21.7. The summed E-state index contributed by atoms with van der Waals surface area (Å²) in [7, 11) is 1.58. The number of pyridine rings is 1. The van der Waals surface area contributed by atoms with Gasteiger partial charge in [0.05, 0.1) is 19.0 Å². The zero-order valence-electron chi connectivity index (χ0n) is 21.7. The Bertz CT molecular complexity index is 1170. The van der Waals surface area contributed by atoms with E-state index in [1.165, 1.54) is 5.56 Å². The van der Waals surface area contributed by atoms with E-state index in [9.17, 15) is 9.90 Å². The van der Waals surface area contributed by atoms with Gasteiger partial charge in [0, 0.05) is 23.7 Å². The molecule has 1 fully saturated rings. The quantitative estimate of drug-likeness (QED) is 0.328. The lowest BCUT2D eigenvalue weighted by Gasteiger charge is -2.41. The molecule has 2 aromatic carbocycles. The fourth-order valence-electron chi connectivity index (χ4n) is 5.71. The number of ether oxygens (including phenoxy) is 1. The highest BCUT2D eigenvalue weighted by Gasteiger charge is 2.37. The van der Waals surface area contributed by atoms with E-state index in [-0.39, 0.29) is 19.4 Å². The highest BCUT2D eigenvalue weighted by Crippen LogP contribution is 2.43. The van der Waals surface area contributed by atoms with Crippen molar-refractivity contribution in [1.82, 2.24) is 9.88 Å². The topological polar surface area (TPSA) is 88.7 Å². The van der Waals surface area contributed by atoms with Crippen LogP contribution in [0.2, 0.25) is 0 Å². The maximum absolute atomic E-state index is 15.9. The van der Waals surface area contributed by atoms with Crippen LogP contribution in [0.25, 0.3) is 10.9 Å². The Balaban J connectivity index is 1.42. The summed E-state index contributed by atoms with van der Waals surface area (Å²) in [5, 5.41) is 10.4. The van der Waals surface area contributed by atoms with Gasteiger partial charge in [-0.3, -0.25) is 9.78 Å². The van der Waals surface area contributed by atoms with Gasteiger partial charge >= 0.3 is 5.97 Å². The summed E-state index contributed by atoms with van der Waals surface area (Å²) < 4.78 is 21.3. The highest BCUT2D eigenvalue weighted by molar-refractivity contribution is 5.85. The van der Waals surface area contributed by atoms with E-state index in [1.54, 1.807) is 13.3 Å². The molecule has 3 aromatic rings. The maximum Gasteiger partial charge on any atom is 0.303 e. The molecule has 4 rings (SSSR count). The minimum Gasteiger partial charge on any atom is -0.497 e. The van der Waals surface area contributed by atoms with Crippen LogP contribution in [-0.4, -0.2) is 47.7 Å². The third-order valence-corrected chi connectivity index (χ3v) is 7.89. The van der Waals surface area contributed by atoms with Crippen molar-refractivity contribution in [2.75, 3.05) is 26.7 Å². The van der Waals surface area contributed by atoms with E-state index in [0.29, 0.717) is 34.2 Å². The molecule has 0 aliphatic carbocycles. The van der Waals surface area contributed by atoms with Crippen LogP contribution in [0.15, 0.2) is 54.7 Å². The van der Waals surface area contributed by atoms with Crippen molar-refractivity contribution in [3.05, 3.63) is 71.4 Å². The Hall–Kier alpha value is -3.03. The standard InChI is InChI=1S/C30H38FN3O3/c1-37-24-9-10-27-25(18-24)29(23(20-32)21-33-27)26(31)11-12-30(19-28(35)36)13-16-34(17-14-30)15-5-8-22-6-3-2-4-7-22/h2-4,6-7,9-10,18,21,26H,5,8,11-17,19-20,32H2,1H3,(H,35,36)/t26-/m1/s1. The summed E-state index contributed by atoms with van der Waals surface area (Å²) in [5.41, 5.74) is 8.82. The highest BCUT2D eigenvalue weighted by atomic mass is 19.1. The van der Waals surface area contributed by atoms with E-state index in [2.05, 4.69) is 34.1 Å². The van der Waals surface area contributed by atoms with E-state index < -0.39 is 17.6 Å². The second-order valence-corrected chi connectivity index (χ2v) is 10.3. The van der Waals surface area contributed by atoms with Gasteiger partial charge in [0.2, 0.25) is 0 Å². The van der Waals surface area contributed by atoms with Gasteiger partial charge in [-0.05, 0) is 92.9 Å². The molecule has 1 atom stereocenters. The number of likely N-dealkylation sites (tertiary alicyclic amines) is 1. The summed E-state index contributed by atoms with van der Waals surface area (Å²) in [5.74, 6) is -0.173. The number of methoxy groups -OCH3 is 1. The zero-order chi connectivity index (χ0) is 26.3. The number of aromatic nitrogens is 1. The first-order chi connectivity index (χ1) is 17.9. The number of rotatable bonds is 12. The van der Waals surface area contributed by atoms with Crippen molar-refractivity contribution in [3.63, 3.8) is 0 Å². The summed E-state index contributed by atoms with van der Waals surface area (Å²) >= 11 is 0. The molecule has 0 radical (unpaired) electrons. The number of carboxylic acid groups (broad SMARTS) is 1.